The Balaban J connectivity index is 1.94. The molecule has 0 aliphatic heterocycles. The molecule has 1 unspecified atom stereocenters. The Morgan fingerprint density at radius 3 is 2.74 bits per heavy atom. The van der Waals surface area contributed by atoms with E-state index in [9.17, 15) is 0 Å². The Hall–Kier alpha value is -1.20. The number of hydrogen-bond donors (Lipinski definition) is 1. The lowest BCUT2D eigenvalue weighted by Gasteiger charge is -2.14. The van der Waals surface area contributed by atoms with Crippen molar-refractivity contribution >= 4 is 15.9 Å². The number of halogens is 1. The van der Waals surface area contributed by atoms with E-state index in [0.29, 0.717) is 6.04 Å². The molecule has 2 aromatic rings. The molecular weight excluding hydrogens is 304 g/mol. The summed E-state index contributed by atoms with van der Waals surface area (Å²) in [7, 11) is 0. The van der Waals surface area contributed by atoms with Crippen LogP contribution in [0.4, 0.5) is 0 Å². The van der Waals surface area contributed by atoms with Crippen LogP contribution in [0.15, 0.2) is 35.1 Å². The second-order valence-corrected chi connectivity index (χ2v) is 5.47. The van der Waals surface area contributed by atoms with Crippen molar-refractivity contribution in [2.24, 2.45) is 0 Å². The number of benzene rings is 1. The highest BCUT2D eigenvalue weighted by Crippen LogP contribution is 2.16. The molecule has 1 aromatic carbocycles. The lowest BCUT2D eigenvalue weighted by molar-refractivity contribution is 0.509. The van der Waals surface area contributed by atoms with E-state index in [4.69, 9.17) is 0 Å². The van der Waals surface area contributed by atoms with Gasteiger partial charge >= 0.3 is 0 Å². The minimum atomic E-state index is 0.292. The van der Waals surface area contributed by atoms with E-state index >= 15 is 0 Å². The standard InChI is InChI=1S/C14H19BrN4/c1-3-8-19-14(17-10-18-19)9-16-11(2)12-4-6-13(15)7-5-12/h4-7,10-11,16H,3,8-9H2,1-2H3. The predicted octanol–water partition coefficient (Wildman–Crippen LogP) is 3.30. The van der Waals surface area contributed by atoms with Gasteiger partial charge in [0.2, 0.25) is 0 Å². The van der Waals surface area contributed by atoms with Crippen LogP contribution in [0.3, 0.4) is 0 Å². The van der Waals surface area contributed by atoms with Crippen LogP contribution in [0.25, 0.3) is 0 Å². The minimum absolute atomic E-state index is 0.292. The molecule has 5 heteroatoms. The molecule has 0 spiro atoms. The Morgan fingerprint density at radius 1 is 1.32 bits per heavy atom. The Labute approximate surface area is 122 Å². The average Bonchev–Trinajstić information content (AvgIpc) is 2.85. The molecule has 19 heavy (non-hydrogen) atoms. The van der Waals surface area contributed by atoms with Gasteiger partial charge in [-0.3, -0.25) is 0 Å². The van der Waals surface area contributed by atoms with Crippen molar-refractivity contribution < 1.29 is 0 Å². The van der Waals surface area contributed by atoms with E-state index in [1.807, 2.05) is 4.68 Å². The van der Waals surface area contributed by atoms with Gasteiger partial charge < -0.3 is 5.32 Å². The van der Waals surface area contributed by atoms with Crippen molar-refractivity contribution in [2.75, 3.05) is 0 Å². The maximum absolute atomic E-state index is 4.30. The SMILES string of the molecule is CCCn1ncnc1CNC(C)c1ccc(Br)cc1. The fourth-order valence-electron chi connectivity index (χ4n) is 1.94. The molecule has 102 valence electrons. The summed E-state index contributed by atoms with van der Waals surface area (Å²) in [5.41, 5.74) is 1.27. The van der Waals surface area contributed by atoms with Gasteiger partial charge in [0, 0.05) is 17.1 Å². The van der Waals surface area contributed by atoms with Gasteiger partial charge in [-0.15, -0.1) is 0 Å². The zero-order valence-corrected chi connectivity index (χ0v) is 12.9. The zero-order chi connectivity index (χ0) is 13.7. The van der Waals surface area contributed by atoms with Crippen LogP contribution in [0.5, 0.6) is 0 Å². The van der Waals surface area contributed by atoms with E-state index in [1.165, 1.54) is 5.56 Å². The smallest absolute Gasteiger partial charge is 0.140 e. The largest absolute Gasteiger partial charge is 0.303 e. The molecule has 1 heterocycles. The fraction of sp³-hybridized carbons (Fsp3) is 0.429. The van der Waals surface area contributed by atoms with Crippen molar-refractivity contribution in [1.82, 2.24) is 20.1 Å². The fourth-order valence-corrected chi connectivity index (χ4v) is 2.20. The monoisotopic (exact) mass is 322 g/mol. The molecule has 0 bridgehead atoms. The molecule has 0 aliphatic carbocycles. The molecule has 0 amide bonds. The summed E-state index contributed by atoms with van der Waals surface area (Å²) in [6.07, 6.45) is 2.69. The van der Waals surface area contributed by atoms with Crippen molar-refractivity contribution in [3.05, 3.63) is 46.5 Å². The zero-order valence-electron chi connectivity index (χ0n) is 11.3. The summed E-state index contributed by atoms with van der Waals surface area (Å²) in [5.74, 6) is 0.991. The van der Waals surface area contributed by atoms with Gasteiger partial charge in [-0.2, -0.15) is 5.10 Å². The topological polar surface area (TPSA) is 42.7 Å². The predicted molar refractivity (Wildman–Crippen MR) is 79.7 cm³/mol. The van der Waals surface area contributed by atoms with Gasteiger partial charge in [0.05, 0.1) is 6.54 Å². The first-order chi connectivity index (χ1) is 9.20. The molecule has 0 aliphatic rings. The van der Waals surface area contributed by atoms with Crippen LogP contribution in [0.2, 0.25) is 0 Å². The van der Waals surface area contributed by atoms with Crippen LogP contribution in [0.1, 0.15) is 37.7 Å². The molecule has 0 radical (unpaired) electrons. The third kappa shape index (κ3) is 3.88. The first kappa shape index (κ1) is 14.2. The van der Waals surface area contributed by atoms with Crippen molar-refractivity contribution in [2.45, 2.75) is 39.4 Å². The molecule has 0 saturated carbocycles. The summed E-state index contributed by atoms with van der Waals surface area (Å²) >= 11 is 3.45. The lowest BCUT2D eigenvalue weighted by Crippen LogP contribution is -2.21. The maximum Gasteiger partial charge on any atom is 0.140 e. The molecule has 1 aromatic heterocycles. The van der Waals surface area contributed by atoms with Crippen molar-refractivity contribution in [3.8, 4) is 0 Å². The first-order valence-electron chi connectivity index (χ1n) is 6.56. The van der Waals surface area contributed by atoms with E-state index in [0.717, 1.165) is 29.8 Å². The van der Waals surface area contributed by atoms with E-state index in [-0.39, 0.29) is 0 Å². The van der Waals surface area contributed by atoms with Crippen LogP contribution < -0.4 is 5.32 Å². The third-order valence-corrected chi connectivity index (χ3v) is 3.60. The number of rotatable bonds is 6. The minimum Gasteiger partial charge on any atom is -0.303 e. The normalized spacial score (nSPS) is 12.6. The molecule has 0 saturated heterocycles. The number of nitrogens with zero attached hydrogens (tertiary/aromatic N) is 3. The Bertz CT molecular complexity index is 506. The molecule has 2 rings (SSSR count). The number of aromatic nitrogens is 3. The van der Waals surface area contributed by atoms with E-state index in [1.54, 1.807) is 6.33 Å². The average molecular weight is 323 g/mol. The summed E-state index contributed by atoms with van der Waals surface area (Å²) in [5, 5.41) is 7.71. The van der Waals surface area contributed by atoms with Gasteiger partial charge in [-0.05, 0) is 31.0 Å². The molecule has 1 atom stereocenters. The van der Waals surface area contributed by atoms with Gasteiger partial charge in [0.15, 0.2) is 0 Å². The van der Waals surface area contributed by atoms with Crippen LogP contribution in [0, 0.1) is 0 Å². The second-order valence-electron chi connectivity index (χ2n) is 4.55. The van der Waals surface area contributed by atoms with Gasteiger partial charge in [0.25, 0.3) is 0 Å². The lowest BCUT2D eigenvalue weighted by atomic mass is 10.1. The summed E-state index contributed by atoms with van der Waals surface area (Å²) in [6.45, 7) is 5.95. The van der Waals surface area contributed by atoms with Crippen molar-refractivity contribution in [1.29, 1.82) is 0 Å². The quantitative estimate of drug-likeness (QED) is 0.887. The molecule has 0 fully saturated rings. The maximum atomic E-state index is 4.30. The number of hydrogen-bond acceptors (Lipinski definition) is 3. The number of aryl methyl sites for hydroxylation is 1. The van der Waals surface area contributed by atoms with E-state index in [2.05, 4.69) is 69.4 Å². The summed E-state index contributed by atoms with van der Waals surface area (Å²) < 4.78 is 3.06. The third-order valence-electron chi connectivity index (χ3n) is 3.07. The van der Waals surface area contributed by atoms with Crippen molar-refractivity contribution in [3.63, 3.8) is 0 Å². The highest BCUT2D eigenvalue weighted by atomic mass is 79.9. The highest BCUT2D eigenvalue weighted by molar-refractivity contribution is 9.10. The summed E-state index contributed by atoms with van der Waals surface area (Å²) in [6, 6.07) is 8.66. The van der Waals surface area contributed by atoms with Gasteiger partial charge in [0.1, 0.15) is 12.2 Å². The highest BCUT2D eigenvalue weighted by Gasteiger charge is 2.08. The van der Waals surface area contributed by atoms with Gasteiger partial charge in [-0.25, -0.2) is 9.67 Å². The number of nitrogens with one attached hydrogen (secondary N) is 1. The van der Waals surface area contributed by atoms with Crippen LogP contribution in [-0.4, -0.2) is 14.8 Å². The Morgan fingerprint density at radius 2 is 2.05 bits per heavy atom. The molecular formula is C14H19BrN4. The van der Waals surface area contributed by atoms with Crippen LogP contribution in [-0.2, 0) is 13.1 Å². The second kappa shape index (κ2) is 6.82. The molecule has 1 N–H and O–H groups in total. The van der Waals surface area contributed by atoms with Crippen LogP contribution >= 0.6 is 15.9 Å². The molecule has 4 nitrogen and oxygen atoms in total. The summed E-state index contributed by atoms with van der Waals surface area (Å²) in [4.78, 5) is 4.30. The first-order valence-corrected chi connectivity index (χ1v) is 7.35. The van der Waals surface area contributed by atoms with E-state index < -0.39 is 0 Å². The van der Waals surface area contributed by atoms with Gasteiger partial charge in [-0.1, -0.05) is 35.0 Å². The Kier molecular flexibility index (Phi) is 5.10.